The fraction of sp³-hybridized carbons (Fsp3) is 0.429. The van der Waals surface area contributed by atoms with Crippen molar-refractivity contribution in [3.63, 3.8) is 0 Å². The zero-order valence-electron chi connectivity index (χ0n) is 10.9. The van der Waals surface area contributed by atoms with Crippen LogP contribution in [0.3, 0.4) is 0 Å². The molecule has 1 atom stereocenters. The summed E-state index contributed by atoms with van der Waals surface area (Å²) in [5.41, 5.74) is 1.64. The number of nitrogens with zero attached hydrogens (tertiary/aromatic N) is 1. The Morgan fingerprint density at radius 2 is 2.17 bits per heavy atom. The number of carbonyl (C=O) groups is 1. The van der Waals surface area contributed by atoms with Crippen molar-refractivity contribution in [2.45, 2.75) is 19.3 Å². The molecule has 0 saturated heterocycles. The Balaban J connectivity index is 2.95. The summed E-state index contributed by atoms with van der Waals surface area (Å²) >= 11 is 0. The zero-order chi connectivity index (χ0) is 13.5. The van der Waals surface area contributed by atoms with Crippen molar-refractivity contribution in [1.82, 2.24) is 0 Å². The first kappa shape index (κ1) is 14.2. The van der Waals surface area contributed by atoms with E-state index in [4.69, 9.17) is 14.7 Å². The highest BCUT2D eigenvalue weighted by atomic mass is 16.5. The van der Waals surface area contributed by atoms with Gasteiger partial charge in [0, 0.05) is 13.5 Å². The van der Waals surface area contributed by atoms with Crippen molar-refractivity contribution in [3.8, 4) is 11.8 Å². The molecule has 0 saturated carbocycles. The predicted octanol–water partition coefficient (Wildman–Crippen LogP) is 2.22. The molecule has 96 valence electrons. The maximum absolute atomic E-state index is 11.9. The van der Waals surface area contributed by atoms with E-state index >= 15 is 0 Å². The van der Waals surface area contributed by atoms with Gasteiger partial charge in [-0.15, -0.1) is 0 Å². The summed E-state index contributed by atoms with van der Waals surface area (Å²) < 4.78 is 10.0. The molecular weight excluding hydrogens is 230 g/mol. The lowest BCUT2D eigenvalue weighted by molar-refractivity contribution is -0.120. The zero-order valence-corrected chi connectivity index (χ0v) is 10.9. The molecule has 0 amide bonds. The molecule has 4 nitrogen and oxygen atoms in total. The van der Waals surface area contributed by atoms with E-state index in [1.54, 1.807) is 19.2 Å². The molecule has 0 radical (unpaired) electrons. The van der Waals surface area contributed by atoms with E-state index in [-0.39, 0.29) is 12.2 Å². The number of ketones is 1. The molecule has 0 aromatic heterocycles. The molecule has 0 aliphatic heterocycles. The van der Waals surface area contributed by atoms with Crippen LogP contribution in [0.2, 0.25) is 0 Å². The second-order valence-electron chi connectivity index (χ2n) is 4.00. The van der Waals surface area contributed by atoms with Crippen LogP contribution in [0.1, 0.15) is 23.5 Å². The van der Waals surface area contributed by atoms with Crippen LogP contribution in [0.15, 0.2) is 18.2 Å². The molecule has 1 unspecified atom stereocenters. The summed E-state index contributed by atoms with van der Waals surface area (Å²) in [5.74, 6) is -0.202. The Morgan fingerprint density at radius 1 is 1.44 bits per heavy atom. The van der Waals surface area contributed by atoms with Gasteiger partial charge in [-0.05, 0) is 24.1 Å². The van der Waals surface area contributed by atoms with Gasteiger partial charge < -0.3 is 9.47 Å². The van der Waals surface area contributed by atoms with Gasteiger partial charge in [0.15, 0.2) is 5.78 Å². The maximum atomic E-state index is 11.9. The average Bonchev–Trinajstić information content (AvgIpc) is 2.39. The first-order valence-corrected chi connectivity index (χ1v) is 5.69. The molecule has 1 aromatic carbocycles. The van der Waals surface area contributed by atoms with Gasteiger partial charge >= 0.3 is 0 Å². The smallest absolute Gasteiger partial charge is 0.156 e. The number of nitriles is 1. The topological polar surface area (TPSA) is 59.3 Å². The van der Waals surface area contributed by atoms with Crippen molar-refractivity contribution >= 4 is 5.78 Å². The van der Waals surface area contributed by atoms with Crippen LogP contribution < -0.4 is 4.74 Å². The average molecular weight is 247 g/mol. The van der Waals surface area contributed by atoms with Gasteiger partial charge in [-0.3, -0.25) is 4.79 Å². The molecule has 4 heteroatoms. The van der Waals surface area contributed by atoms with Crippen LogP contribution in [0.5, 0.6) is 5.75 Å². The van der Waals surface area contributed by atoms with E-state index in [9.17, 15) is 4.79 Å². The summed E-state index contributed by atoms with van der Waals surface area (Å²) in [6, 6.07) is 7.42. The van der Waals surface area contributed by atoms with E-state index < -0.39 is 5.92 Å². The Morgan fingerprint density at radius 3 is 2.72 bits per heavy atom. The normalized spacial score (nSPS) is 11.7. The van der Waals surface area contributed by atoms with Gasteiger partial charge in [0.2, 0.25) is 0 Å². The minimum atomic E-state index is -0.755. The van der Waals surface area contributed by atoms with Crippen LogP contribution >= 0.6 is 0 Å². The number of hydrogen-bond donors (Lipinski definition) is 0. The highest BCUT2D eigenvalue weighted by molar-refractivity contribution is 5.88. The number of rotatable bonds is 6. The van der Waals surface area contributed by atoms with Gasteiger partial charge in [-0.25, -0.2) is 0 Å². The Kier molecular flexibility index (Phi) is 5.34. The van der Waals surface area contributed by atoms with E-state index in [0.717, 1.165) is 5.56 Å². The maximum Gasteiger partial charge on any atom is 0.156 e. The molecular formula is C14H17NO3. The van der Waals surface area contributed by atoms with E-state index in [1.807, 2.05) is 19.1 Å². The number of methoxy groups -OCH3 is 2. The molecule has 0 fully saturated rings. The number of benzene rings is 1. The van der Waals surface area contributed by atoms with Crippen LogP contribution in [-0.2, 0) is 9.53 Å². The monoisotopic (exact) mass is 247 g/mol. The van der Waals surface area contributed by atoms with Gasteiger partial charge in [-0.1, -0.05) is 12.1 Å². The molecule has 0 N–H and O–H groups in total. The quantitative estimate of drug-likeness (QED) is 0.773. The van der Waals surface area contributed by atoms with Gasteiger partial charge in [0.25, 0.3) is 0 Å². The summed E-state index contributed by atoms with van der Waals surface area (Å²) in [6.45, 7) is 2.25. The SMILES string of the molecule is COCCC(=O)C(C#N)c1ccc(C)c(OC)c1. The van der Waals surface area contributed by atoms with Crippen molar-refractivity contribution in [2.75, 3.05) is 20.8 Å². The Bertz CT molecular complexity index is 463. The van der Waals surface area contributed by atoms with Crippen LogP contribution in [0, 0.1) is 18.3 Å². The lowest BCUT2D eigenvalue weighted by Crippen LogP contribution is -2.13. The van der Waals surface area contributed by atoms with Gasteiger partial charge in [0.05, 0.1) is 19.8 Å². The van der Waals surface area contributed by atoms with Crippen LogP contribution in [0.25, 0.3) is 0 Å². The third kappa shape index (κ3) is 3.31. The summed E-state index contributed by atoms with van der Waals surface area (Å²) in [7, 11) is 3.10. The largest absolute Gasteiger partial charge is 0.496 e. The van der Waals surface area contributed by atoms with Crippen molar-refractivity contribution < 1.29 is 14.3 Å². The minimum absolute atomic E-state index is 0.134. The van der Waals surface area contributed by atoms with Crippen molar-refractivity contribution in [2.24, 2.45) is 0 Å². The van der Waals surface area contributed by atoms with Gasteiger partial charge in [0.1, 0.15) is 11.7 Å². The van der Waals surface area contributed by atoms with Crippen LogP contribution in [0.4, 0.5) is 0 Å². The van der Waals surface area contributed by atoms with E-state index in [2.05, 4.69) is 0 Å². The highest BCUT2D eigenvalue weighted by Gasteiger charge is 2.20. The number of ether oxygens (including phenoxy) is 2. The standard InChI is InChI=1S/C14H17NO3/c1-10-4-5-11(8-14(10)18-3)12(9-15)13(16)6-7-17-2/h4-5,8,12H,6-7H2,1-3H3. The second-order valence-corrected chi connectivity index (χ2v) is 4.00. The van der Waals surface area contributed by atoms with E-state index in [1.165, 1.54) is 7.11 Å². The first-order chi connectivity index (χ1) is 8.63. The lowest BCUT2D eigenvalue weighted by atomic mass is 9.93. The Labute approximate surface area is 107 Å². The summed E-state index contributed by atoms with van der Waals surface area (Å²) in [5, 5.41) is 9.13. The third-order valence-electron chi connectivity index (χ3n) is 2.77. The fourth-order valence-corrected chi connectivity index (χ4v) is 1.70. The molecule has 1 rings (SSSR count). The molecule has 0 heterocycles. The third-order valence-corrected chi connectivity index (χ3v) is 2.77. The van der Waals surface area contributed by atoms with Crippen molar-refractivity contribution in [1.29, 1.82) is 5.26 Å². The number of hydrogen-bond acceptors (Lipinski definition) is 4. The van der Waals surface area contributed by atoms with Crippen molar-refractivity contribution in [3.05, 3.63) is 29.3 Å². The second kappa shape index (κ2) is 6.77. The fourth-order valence-electron chi connectivity index (χ4n) is 1.70. The Hall–Kier alpha value is -1.86. The molecule has 0 spiro atoms. The minimum Gasteiger partial charge on any atom is -0.496 e. The predicted molar refractivity (Wildman–Crippen MR) is 67.6 cm³/mol. The number of Topliss-reactive ketones (excluding diaryl/α,β-unsaturated/α-hetero) is 1. The molecule has 0 bridgehead atoms. The summed E-state index contributed by atoms with van der Waals surface area (Å²) in [6.07, 6.45) is 0.241. The van der Waals surface area contributed by atoms with Crippen LogP contribution in [-0.4, -0.2) is 26.6 Å². The molecule has 0 aliphatic rings. The lowest BCUT2D eigenvalue weighted by Gasteiger charge is -2.11. The summed E-state index contributed by atoms with van der Waals surface area (Å²) in [4.78, 5) is 11.9. The first-order valence-electron chi connectivity index (χ1n) is 5.69. The van der Waals surface area contributed by atoms with Gasteiger partial charge in [-0.2, -0.15) is 5.26 Å². The number of carbonyl (C=O) groups excluding carboxylic acids is 1. The molecule has 18 heavy (non-hydrogen) atoms. The molecule has 1 aromatic rings. The van der Waals surface area contributed by atoms with E-state index in [0.29, 0.717) is 17.9 Å². The number of aryl methyl sites for hydroxylation is 1. The molecule has 0 aliphatic carbocycles. The highest BCUT2D eigenvalue weighted by Crippen LogP contribution is 2.25.